The predicted molar refractivity (Wildman–Crippen MR) is 93.0 cm³/mol. The molecule has 27 heavy (non-hydrogen) atoms. The molecule has 0 aromatic rings. The van der Waals surface area contributed by atoms with Crippen LogP contribution in [0.5, 0.6) is 0 Å². The molecule has 4 fully saturated rings. The first-order chi connectivity index (χ1) is 12.4. The molecule has 0 aromatic carbocycles. The van der Waals surface area contributed by atoms with E-state index in [4.69, 9.17) is 4.74 Å². The molecule has 4 bridgehead atoms. The van der Waals surface area contributed by atoms with E-state index in [0.29, 0.717) is 31.6 Å². The first-order valence-corrected chi connectivity index (χ1v) is 9.85. The molecule has 7 heteroatoms. The van der Waals surface area contributed by atoms with Gasteiger partial charge in [-0.15, -0.1) is 0 Å². The molecule has 0 radical (unpaired) electrons. The van der Waals surface area contributed by atoms with Crippen LogP contribution in [-0.4, -0.2) is 40.8 Å². The van der Waals surface area contributed by atoms with Gasteiger partial charge in [-0.2, -0.15) is 0 Å². The second-order valence-electron chi connectivity index (χ2n) is 9.58. The molecule has 1 N–H and O–H groups in total. The Kier molecular flexibility index (Phi) is 5.07. The van der Waals surface area contributed by atoms with Crippen LogP contribution in [0.2, 0.25) is 0 Å². The van der Waals surface area contributed by atoms with Crippen molar-refractivity contribution in [3.8, 4) is 0 Å². The van der Waals surface area contributed by atoms with Gasteiger partial charge in [0.05, 0.1) is 17.4 Å². The number of alkyl halides is 2. The number of hydrogen-bond donors (Lipinski definition) is 1. The number of ether oxygens (including phenoxy) is 2. The third-order valence-corrected chi connectivity index (χ3v) is 6.58. The zero-order valence-corrected chi connectivity index (χ0v) is 16.4. The van der Waals surface area contributed by atoms with Gasteiger partial charge in [-0.3, -0.25) is 9.59 Å². The van der Waals surface area contributed by atoms with Gasteiger partial charge < -0.3 is 14.6 Å². The highest BCUT2D eigenvalue weighted by Gasteiger charge is 2.59. The van der Waals surface area contributed by atoms with Crippen LogP contribution in [-0.2, 0) is 19.1 Å². The summed E-state index contributed by atoms with van der Waals surface area (Å²) in [5, 5.41) is 10.8. The van der Waals surface area contributed by atoms with Crippen molar-refractivity contribution in [3.05, 3.63) is 0 Å². The highest BCUT2D eigenvalue weighted by molar-refractivity contribution is 5.83. The summed E-state index contributed by atoms with van der Waals surface area (Å²) in [6.07, 6.45) is 4.60. The van der Waals surface area contributed by atoms with Gasteiger partial charge >= 0.3 is 11.9 Å². The van der Waals surface area contributed by atoms with Gasteiger partial charge in [0.2, 0.25) is 0 Å². The molecule has 0 aliphatic heterocycles. The van der Waals surface area contributed by atoms with Crippen LogP contribution in [0, 0.1) is 17.3 Å². The Balaban J connectivity index is 1.65. The van der Waals surface area contributed by atoms with E-state index in [-0.39, 0.29) is 6.42 Å². The van der Waals surface area contributed by atoms with Crippen molar-refractivity contribution in [2.45, 2.75) is 89.3 Å². The molecule has 0 saturated heterocycles. The second kappa shape index (κ2) is 6.68. The molecule has 0 heterocycles. The van der Waals surface area contributed by atoms with Crippen molar-refractivity contribution in [2.75, 3.05) is 6.61 Å². The maximum Gasteiger partial charge on any atom is 0.312 e. The van der Waals surface area contributed by atoms with E-state index in [2.05, 4.69) is 4.74 Å². The second-order valence-corrected chi connectivity index (χ2v) is 9.58. The number of hydrogen-bond acceptors (Lipinski definition) is 5. The van der Waals surface area contributed by atoms with Crippen LogP contribution in [0.25, 0.3) is 0 Å². The van der Waals surface area contributed by atoms with Gasteiger partial charge in [0, 0.05) is 13.3 Å². The molecule has 3 atom stereocenters. The summed E-state index contributed by atoms with van der Waals surface area (Å²) in [5.41, 5.74) is -2.54. The largest absolute Gasteiger partial charge is 0.459 e. The Morgan fingerprint density at radius 2 is 1.74 bits per heavy atom. The lowest BCUT2D eigenvalue weighted by molar-refractivity contribution is -0.226. The van der Waals surface area contributed by atoms with Gasteiger partial charge in [-0.05, 0) is 57.3 Å². The first kappa shape index (κ1) is 20.5. The molecule has 3 unspecified atom stereocenters. The summed E-state index contributed by atoms with van der Waals surface area (Å²) in [7, 11) is 0. The van der Waals surface area contributed by atoms with Crippen molar-refractivity contribution in [2.24, 2.45) is 17.3 Å². The maximum absolute atomic E-state index is 13.0. The standard InChI is InChI=1S/C20H30F2O5/c1-4-17(2,10-15(23)26-12-18(3,21)22)16(24)27-20-8-13-5-14(9-20)7-19(25,6-13)11-20/h13-14,25H,4-12H2,1-3H3. The van der Waals surface area contributed by atoms with Crippen molar-refractivity contribution in [1.82, 2.24) is 0 Å². The van der Waals surface area contributed by atoms with E-state index in [0.717, 1.165) is 32.1 Å². The molecule has 154 valence electrons. The minimum absolute atomic E-state index is 0.300. The molecule has 4 saturated carbocycles. The SMILES string of the molecule is CCC(C)(CC(=O)OCC(C)(F)F)C(=O)OC12CC3CC(CC(O)(C3)C1)C2. The fourth-order valence-electron chi connectivity index (χ4n) is 5.49. The Morgan fingerprint density at radius 1 is 1.15 bits per heavy atom. The molecule has 4 aliphatic rings. The fourth-order valence-corrected chi connectivity index (χ4v) is 5.49. The van der Waals surface area contributed by atoms with Crippen LogP contribution < -0.4 is 0 Å². The molecule has 4 aliphatic carbocycles. The van der Waals surface area contributed by atoms with Crippen LogP contribution >= 0.6 is 0 Å². The number of carbonyl (C=O) groups is 2. The first-order valence-electron chi connectivity index (χ1n) is 9.85. The Labute approximate surface area is 158 Å². The smallest absolute Gasteiger partial charge is 0.312 e. The zero-order valence-electron chi connectivity index (χ0n) is 16.4. The Hall–Kier alpha value is -1.24. The monoisotopic (exact) mass is 388 g/mol. The van der Waals surface area contributed by atoms with Crippen molar-refractivity contribution >= 4 is 11.9 Å². The summed E-state index contributed by atoms with van der Waals surface area (Å²) >= 11 is 0. The van der Waals surface area contributed by atoms with Crippen molar-refractivity contribution in [1.29, 1.82) is 0 Å². The molecular weight excluding hydrogens is 358 g/mol. The van der Waals surface area contributed by atoms with Crippen molar-refractivity contribution in [3.63, 3.8) is 0 Å². The van der Waals surface area contributed by atoms with Gasteiger partial charge in [0.1, 0.15) is 5.60 Å². The molecular formula is C20H30F2O5. The summed E-state index contributed by atoms with van der Waals surface area (Å²) in [6, 6.07) is 0. The molecule has 4 rings (SSSR count). The van der Waals surface area contributed by atoms with E-state index in [9.17, 15) is 23.5 Å². The Morgan fingerprint density at radius 3 is 2.22 bits per heavy atom. The third-order valence-electron chi connectivity index (χ3n) is 6.58. The molecule has 0 amide bonds. The van der Waals surface area contributed by atoms with Gasteiger partial charge in [0.15, 0.2) is 6.61 Å². The van der Waals surface area contributed by atoms with E-state index < -0.39 is 41.1 Å². The number of halogens is 2. The van der Waals surface area contributed by atoms with E-state index in [1.54, 1.807) is 13.8 Å². The Bertz CT molecular complexity index is 600. The highest BCUT2D eigenvalue weighted by atomic mass is 19.3. The topological polar surface area (TPSA) is 72.8 Å². The summed E-state index contributed by atoms with van der Waals surface area (Å²) < 4.78 is 36.4. The van der Waals surface area contributed by atoms with Gasteiger partial charge in [0.25, 0.3) is 5.92 Å². The quantitative estimate of drug-likeness (QED) is 0.675. The molecule has 0 aromatic heterocycles. The number of aliphatic hydroxyl groups is 1. The van der Waals surface area contributed by atoms with E-state index in [1.807, 2.05) is 0 Å². The summed E-state index contributed by atoms with van der Waals surface area (Å²) in [5.74, 6) is -3.70. The predicted octanol–water partition coefficient (Wildman–Crippen LogP) is 3.62. The van der Waals surface area contributed by atoms with E-state index in [1.165, 1.54) is 0 Å². The maximum atomic E-state index is 13.0. The number of esters is 2. The lowest BCUT2D eigenvalue weighted by Crippen LogP contribution is -2.61. The van der Waals surface area contributed by atoms with E-state index >= 15 is 0 Å². The third kappa shape index (κ3) is 4.44. The lowest BCUT2D eigenvalue weighted by atomic mass is 9.52. The normalized spacial score (nSPS) is 37.0. The van der Waals surface area contributed by atoms with Crippen LogP contribution in [0.1, 0.15) is 72.1 Å². The average Bonchev–Trinajstić information content (AvgIpc) is 2.49. The van der Waals surface area contributed by atoms with Crippen LogP contribution in [0.15, 0.2) is 0 Å². The molecule has 0 spiro atoms. The van der Waals surface area contributed by atoms with Crippen LogP contribution in [0.3, 0.4) is 0 Å². The van der Waals surface area contributed by atoms with Gasteiger partial charge in [-0.25, -0.2) is 8.78 Å². The van der Waals surface area contributed by atoms with Crippen molar-refractivity contribution < 1.29 is 33.0 Å². The average molecular weight is 388 g/mol. The minimum atomic E-state index is -3.10. The van der Waals surface area contributed by atoms with Crippen LogP contribution in [0.4, 0.5) is 8.78 Å². The highest BCUT2D eigenvalue weighted by Crippen LogP contribution is 2.59. The minimum Gasteiger partial charge on any atom is -0.459 e. The summed E-state index contributed by atoms with van der Waals surface area (Å²) in [4.78, 5) is 24.9. The zero-order chi connectivity index (χ0) is 20.1. The molecule has 5 nitrogen and oxygen atoms in total. The number of carbonyl (C=O) groups excluding carboxylic acids is 2. The number of rotatable bonds is 7. The summed E-state index contributed by atoms with van der Waals surface area (Å²) in [6.45, 7) is 3.04. The lowest BCUT2D eigenvalue weighted by Gasteiger charge is -2.59. The van der Waals surface area contributed by atoms with Gasteiger partial charge in [-0.1, -0.05) is 6.92 Å². The fraction of sp³-hybridized carbons (Fsp3) is 0.900.